The summed E-state index contributed by atoms with van der Waals surface area (Å²) in [6, 6.07) is 13.6. The molecule has 0 spiro atoms. The summed E-state index contributed by atoms with van der Waals surface area (Å²) in [4.78, 5) is 16.0. The number of hydrogen-bond acceptors (Lipinski definition) is 2. The number of aromatic nitrogens is 3. The van der Waals surface area contributed by atoms with Crippen molar-refractivity contribution in [1.29, 1.82) is 0 Å². The molecule has 0 fully saturated rings. The number of nitrogens with zero attached hydrogens (tertiary/aromatic N) is 3. The van der Waals surface area contributed by atoms with Crippen LogP contribution in [-0.4, -0.2) is 25.2 Å². The first kappa shape index (κ1) is 14.5. The minimum Gasteiger partial charge on any atom is -0.478 e. The molecule has 4 rings (SSSR count). The number of benzene rings is 2. The Balaban J connectivity index is 2.03. The van der Waals surface area contributed by atoms with Gasteiger partial charge in [0.2, 0.25) is 0 Å². The lowest BCUT2D eigenvalue weighted by Gasteiger charge is -2.06. The highest BCUT2D eigenvalue weighted by atomic mass is 16.4. The van der Waals surface area contributed by atoms with Gasteiger partial charge in [0.25, 0.3) is 0 Å². The van der Waals surface area contributed by atoms with E-state index in [4.69, 9.17) is 4.98 Å². The lowest BCUT2D eigenvalue weighted by molar-refractivity contribution is 0.0697. The van der Waals surface area contributed by atoms with Crippen molar-refractivity contribution in [3.63, 3.8) is 0 Å². The van der Waals surface area contributed by atoms with E-state index in [9.17, 15) is 9.90 Å². The number of carboxylic acid groups (broad SMARTS) is 1. The van der Waals surface area contributed by atoms with Crippen LogP contribution in [0.3, 0.4) is 0 Å². The van der Waals surface area contributed by atoms with Crippen LogP contribution in [-0.2, 0) is 14.1 Å². The third kappa shape index (κ3) is 1.94. The molecule has 24 heavy (non-hydrogen) atoms. The van der Waals surface area contributed by atoms with E-state index in [1.54, 1.807) is 12.1 Å². The van der Waals surface area contributed by atoms with Crippen molar-refractivity contribution in [2.24, 2.45) is 14.1 Å². The molecule has 2 aromatic heterocycles. The zero-order chi connectivity index (χ0) is 17.0. The van der Waals surface area contributed by atoms with Gasteiger partial charge in [-0.05, 0) is 36.8 Å². The molecule has 4 aromatic rings. The molecule has 0 atom stereocenters. The number of para-hydroxylation sites is 1. The van der Waals surface area contributed by atoms with Crippen molar-refractivity contribution < 1.29 is 9.90 Å². The van der Waals surface area contributed by atoms with Crippen molar-refractivity contribution in [2.45, 2.75) is 6.92 Å². The summed E-state index contributed by atoms with van der Waals surface area (Å²) in [5.74, 6) is -0.105. The quantitative estimate of drug-likeness (QED) is 0.612. The average molecular weight is 319 g/mol. The van der Waals surface area contributed by atoms with Crippen molar-refractivity contribution in [2.75, 3.05) is 0 Å². The predicted molar refractivity (Wildman–Crippen MR) is 94.3 cm³/mol. The summed E-state index contributed by atoms with van der Waals surface area (Å²) in [5.41, 5.74) is 4.98. The largest absolute Gasteiger partial charge is 0.478 e. The summed E-state index contributed by atoms with van der Waals surface area (Å²) in [6.07, 6.45) is 0. The maximum atomic E-state index is 11.3. The van der Waals surface area contributed by atoms with E-state index < -0.39 is 5.97 Å². The number of imidazole rings is 1. The van der Waals surface area contributed by atoms with Gasteiger partial charge in [-0.25, -0.2) is 9.78 Å². The zero-order valence-corrected chi connectivity index (χ0v) is 13.7. The van der Waals surface area contributed by atoms with Gasteiger partial charge in [0.1, 0.15) is 0 Å². The van der Waals surface area contributed by atoms with E-state index >= 15 is 0 Å². The van der Waals surface area contributed by atoms with E-state index in [0.29, 0.717) is 5.52 Å². The second-order valence-electron chi connectivity index (χ2n) is 6.11. The Hall–Kier alpha value is -3.08. The molecule has 120 valence electrons. The minimum absolute atomic E-state index is 0.265. The normalized spacial score (nSPS) is 11.5. The highest BCUT2D eigenvalue weighted by molar-refractivity contribution is 5.95. The van der Waals surface area contributed by atoms with Gasteiger partial charge >= 0.3 is 5.97 Å². The van der Waals surface area contributed by atoms with E-state index in [-0.39, 0.29) is 5.56 Å². The zero-order valence-electron chi connectivity index (χ0n) is 13.7. The Morgan fingerprint density at radius 1 is 1.08 bits per heavy atom. The molecule has 0 saturated heterocycles. The van der Waals surface area contributed by atoms with Crippen molar-refractivity contribution in [3.05, 3.63) is 53.6 Å². The number of rotatable bonds is 2. The predicted octanol–water partition coefficient (Wildman–Crippen LogP) is 3.74. The summed E-state index contributed by atoms with van der Waals surface area (Å²) in [6.45, 7) is 1.92. The fraction of sp³-hybridized carbons (Fsp3) is 0.158. The van der Waals surface area contributed by atoms with Crippen LogP contribution in [0.25, 0.3) is 33.5 Å². The first-order valence-corrected chi connectivity index (χ1v) is 7.72. The SMILES string of the molecule is Cc1cc(C(=O)O)cc2nc(-c3cc4ccccc4n3C)n(C)c12. The van der Waals surface area contributed by atoms with Crippen LogP contribution in [0.15, 0.2) is 42.5 Å². The van der Waals surface area contributed by atoms with Gasteiger partial charge in [0.05, 0.1) is 22.3 Å². The number of carboxylic acids is 1. The monoisotopic (exact) mass is 319 g/mol. The standard InChI is InChI=1S/C19H17N3O2/c1-11-8-13(19(23)24)9-14-17(11)22(3)18(20-14)16-10-12-6-4-5-7-15(12)21(16)2/h4-10H,1-3H3,(H,23,24). The molecule has 2 heterocycles. The van der Waals surface area contributed by atoms with Crippen LogP contribution in [0.2, 0.25) is 0 Å². The van der Waals surface area contributed by atoms with Gasteiger partial charge in [0.15, 0.2) is 5.82 Å². The Kier molecular flexibility index (Phi) is 3.00. The maximum Gasteiger partial charge on any atom is 0.335 e. The smallest absolute Gasteiger partial charge is 0.335 e. The minimum atomic E-state index is -0.934. The molecular formula is C19H17N3O2. The fourth-order valence-electron chi connectivity index (χ4n) is 3.43. The Bertz CT molecular complexity index is 1120. The summed E-state index contributed by atoms with van der Waals surface area (Å²) < 4.78 is 4.15. The molecule has 1 N–H and O–H groups in total. The van der Waals surface area contributed by atoms with Gasteiger partial charge < -0.3 is 14.2 Å². The average Bonchev–Trinajstić information content (AvgIpc) is 3.06. The highest BCUT2D eigenvalue weighted by Gasteiger charge is 2.17. The van der Waals surface area contributed by atoms with Gasteiger partial charge in [-0.15, -0.1) is 0 Å². The van der Waals surface area contributed by atoms with Crippen molar-refractivity contribution in [1.82, 2.24) is 14.1 Å². The van der Waals surface area contributed by atoms with Crippen LogP contribution in [0.1, 0.15) is 15.9 Å². The Labute approximate surface area is 138 Å². The number of fused-ring (bicyclic) bond motifs is 2. The van der Waals surface area contributed by atoms with Gasteiger partial charge in [-0.3, -0.25) is 0 Å². The number of carbonyl (C=O) groups is 1. The number of aryl methyl sites for hydroxylation is 3. The molecule has 0 saturated carbocycles. The van der Waals surface area contributed by atoms with E-state index in [0.717, 1.165) is 33.5 Å². The molecule has 0 aliphatic heterocycles. The molecule has 5 nitrogen and oxygen atoms in total. The molecule has 2 aromatic carbocycles. The lowest BCUT2D eigenvalue weighted by atomic mass is 10.1. The first-order chi connectivity index (χ1) is 11.5. The molecular weight excluding hydrogens is 302 g/mol. The summed E-state index contributed by atoms with van der Waals surface area (Å²) >= 11 is 0. The molecule has 0 aliphatic rings. The third-order valence-electron chi connectivity index (χ3n) is 4.59. The van der Waals surface area contributed by atoms with E-state index in [1.807, 2.05) is 37.7 Å². The first-order valence-electron chi connectivity index (χ1n) is 7.72. The van der Waals surface area contributed by atoms with Gasteiger partial charge in [0, 0.05) is 25.0 Å². The lowest BCUT2D eigenvalue weighted by Crippen LogP contribution is -1.99. The van der Waals surface area contributed by atoms with Crippen molar-refractivity contribution in [3.8, 4) is 11.5 Å². The fourth-order valence-corrected chi connectivity index (χ4v) is 3.43. The van der Waals surface area contributed by atoms with E-state index in [2.05, 4.69) is 22.8 Å². The topological polar surface area (TPSA) is 60.0 Å². The Morgan fingerprint density at radius 3 is 2.54 bits per heavy atom. The highest BCUT2D eigenvalue weighted by Crippen LogP contribution is 2.30. The summed E-state index contributed by atoms with van der Waals surface area (Å²) in [5, 5.41) is 10.4. The van der Waals surface area contributed by atoms with Crippen LogP contribution in [0, 0.1) is 6.92 Å². The number of hydrogen-bond donors (Lipinski definition) is 1. The van der Waals surface area contributed by atoms with Gasteiger partial charge in [-0.1, -0.05) is 18.2 Å². The Morgan fingerprint density at radius 2 is 1.83 bits per heavy atom. The maximum absolute atomic E-state index is 11.3. The third-order valence-corrected chi connectivity index (χ3v) is 4.59. The molecule has 0 bridgehead atoms. The van der Waals surface area contributed by atoms with Crippen molar-refractivity contribution >= 4 is 27.9 Å². The summed E-state index contributed by atoms with van der Waals surface area (Å²) in [7, 11) is 3.99. The van der Waals surface area contributed by atoms with E-state index in [1.165, 1.54) is 0 Å². The van der Waals surface area contributed by atoms with Crippen LogP contribution >= 0.6 is 0 Å². The molecule has 0 unspecified atom stereocenters. The van der Waals surface area contributed by atoms with Crippen LogP contribution < -0.4 is 0 Å². The molecule has 0 aliphatic carbocycles. The second-order valence-corrected chi connectivity index (χ2v) is 6.11. The van der Waals surface area contributed by atoms with Crippen LogP contribution in [0.5, 0.6) is 0 Å². The molecule has 5 heteroatoms. The molecule has 0 radical (unpaired) electrons. The number of aromatic carboxylic acids is 1. The van der Waals surface area contributed by atoms with Crippen LogP contribution in [0.4, 0.5) is 0 Å². The second kappa shape index (κ2) is 4.96. The molecule has 0 amide bonds. The van der Waals surface area contributed by atoms with Gasteiger partial charge in [-0.2, -0.15) is 0 Å².